The maximum atomic E-state index is 14.9. The molecule has 9 heteroatoms. The fourth-order valence-electron chi connectivity index (χ4n) is 7.97. The van der Waals surface area contributed by atoms with E-state index in [2.05, 4.69) is 31.9 Å². The lowest BCUT2D eigenvalue weighted by Gasteiger charge is -2.37. The summed E-state index contributed by atoms with van der Waals surface area (Å²) in [6.45, 7) is 16.5. The lowest BCUT2D eigenvalue weighted by Crippen LogP contribution is -2.56. The molecule has 3 heterocycles. The molecule has 46 heavy (non-hydrogen) atoms. The van der Waals surface area contributed by atoms with Crippen molar-refractivity contribution in [2.75, 3.05) is 54.0 Å². The van der Waals surface area contributed by atoms with E-state index in [9.17, 15) is 19.5 Å². The van der Waals surface area contributed by atoms with Crippen LogP contribution in [0.1, 0.15) is 46.5 Å². The maximum absolute atomic E-state index is 14.9. The number of hydrogen-bond donors (Lipinski definition) is 1. The highest BCUT2D eigenvalue weighted by Crippen LogP contribution is 2.63. The van der Waals surface area contributed by atoms with Gasteiger partial charge >= 0.3 is 0 Å². The Balaban J connectivity index is 1.55. The van der Waals surface area contributed by atoms with Crippen LogP contribution in [0.3, 0.4) is 0 Å². The molecule has 3 saturated heterocycles. The van der Waals surface area contributed by atoms with Crippen LogP contribution in [-0.4, -0.2) is 84.3 Å². The lowest BCUT2D eigenvalue weighted by molar-refractivity contribution is -0.144. The molecule has 1 spiro atoms. The molecule has 246 valence electrons. The smallest absolute Gasteiger partial charge is 0.253 e. The molecule has 3 amide bonds. The van der Waals surface area contributed by atoms with Crippen LogP contribution in [0.25, 0.3) is 0 Å². The quantitative estimate of drug-likeness (QED) is 0.225. The number of carbonyl (C=O) groups excluding carboxylic acids is 3. The molecule has 2 aromatic rings. The van der Waals surface area contributed by atoms with Crippen molar-refractivity contribution in [1.29, 1.82) is 0 Å². The van der Waals surface area contributed by atoms with E-state index in [4.69, 9.17) is 4.74 Å². The number of amides is 3. The van der Waals surface area contributed by atoms with Gasteiger partial charge in [-0.2, -0.15) is 0 Å². The van der Waals surface area contributed by atoms with Crippen molar-refractivity contribution in [3.8, 4) is 0 Å². The third-order valence-corrected chi connectivity index (χ3v) is 10.1. The van der Waals surface area contributed by atoms with Crippen LogP contribution in [0, 0.1) is 11.8 Å². The van der Waals surface area contributed by atoms with E-state index in [-0.39, 0.29) is 44.0 Å². The molecule has 0 aromatic heterocycles. The molecule has 0 aliphatic carbocycles. The Bertz CT molecular complexity index is 1430. The average Bonchev–Trinajstić information content (AvgIpc) is 3.64. The Morgan fingerprint density at radius 2 is 1.50 bits per heavy atom. The first-order chi connectivity index (χ1) is 22.2. The molecule has 3 aliphatic heterocycles. The van der Waals surface area contributed by atoms with E-state index in [1.165, 1.54) is 0 Å². The monoisotopic (exact) mass is 628 g/mol. The van der Waals surface area contributed by atoms with Crippen molar-refractivity contribution in [1.82, 2.24) is 4.90 Å². The molecule has 0 saturated carbocycles. The van der Waals surface area contributed by atoms with Crippen LogP contribution in [-0.2, 0) is 19.1 Å². The summed E-state index contributed by atoms with van der Waals surface area (Å²) in [5, 5.41) is 9.54. The number of rotatable bonds is 15. The SMILES string of the molecule is C=CCN(C(=O)C1N(CCCCO)C(=O)[C@@H]2[C@@H](C(=O)N(CC=C)c3ccccc3)[C@@]3(C)CCC12O3)c1ccc(N(CC)CC)cc1. The van der Waals surface area contributed by atoms with Crippen molar-refractivity contribution in [2.24, 2.45) is 11.8 Å². The maximum Gasteiger partial charge on any atom is 0.253 e. The number of nitrogens with zero attached hydrogens (tertiary/aromatic N) is 4. The van der Waals surface area contributed by atoms with Gasteiger partial charge in [0.25, 0.3) is 5.91 Å². The van der Waals surface area contributed by atoms with Gasteiger partial charge in [0.2, 0.25) is 11.8 Å². The second-order valence-corrected chi connectivity index (χ2v) is 12.7. The van der Waals surface area contributed by atoms with Gasteiger partial charge in [0, 0.05) is 56.4 Å². The largest absolute Gasteiger partial charge is 0.396 e. The molecule has 9 nitrogen and oxygen atoms in total. The predicted octanol–water partition coefficient (Wildman–Crippen LogP) is 4.81. The Morgan fingerprint density at radius 3 is 2.09 bits per heavy atom. The number of unbranched alkanes of at least 4 members (excludes halogenated alkanes) is 1. The minimum atomic E-state index is -1.15. The summed E-state index contributed by atoms with van der Waals surface area (Å²) in [5.74, 6) is -2.27. The Hall–Kier alpha value is -3.95. The number of ether oxygens (including phenoxy) is 1. The van der Waals surface area contributed by atoms with Crippen molar-refractivity contribution in [2.45, 2.75) is 63.7 Å². The number of para-hydroxylation sites is 1. The van der Waals surface area contributed by atoms with E-state index in [1.807, 2.05) is 61.5 Å². The summed E-state index contributed by atoms with van der Waals surface area (Å²) >= 11 is 0. The van der Waals surface area contributed by atoms with Crippen LogP contribution in [0.2, 0.25) is 0 Å². The van der Waals surface area contributed by atoms with Crippen molar-refractivity contribution in [3.63, 3.8) is 0 Å². The van der Waals surface area contributed by atoms with Gasteiger partial charge in [0.05, 0.1) is 17.4 Å². The lowest BCUT2D eigenvalue weighted by atomic mass is 9.66. The second-order valence-electron chi connectivity index (χ2n) is 12.7. The van der Waals surface area contributed by atoms with Gasteiger partial charge in [-0.25, -0.2) is 0 Å². The number of hydrogen-bond acceptors (Lipinski definition) is 6. The van der Waals surface area contributed by atoms with E-state index >= 15 is 0 Å². The van der Waals surface area contributed by atoms with Gasteiger partial charge in [-0.15, -0.1) is 13.2 Å². The van der Waals surface area contributed by atoms with Gasteiger partial charge in [0.1, 0.15) is 11.6 Å². The van der Waals surface area contributed by atoms with E-state index in [1.54, 1.807) is 26.9 Å². The number of anilines is 3. The first-order valence-corrected chi connectivity index (χ1v) is 16.6. The number of aliphatic hydroxyl groups excluding tert-OH is 1. The Labute approximate surface area is 273 Å². The summed E-state index contributed by atoms with van der Waals surface area (Å²) in [5.41, 5.74) is 0.428. The van der Waals surface area contributed by atoms with Crippen LogP contribution < -0.4 is 14.7 Å². The predicted molar refractivity (Wildman–Crippen MR) is 182 cm³/mol. The first kappa shape index (κ1) is 33.4. The highest BCUT2D eigenvalue weighted by Gasteiger charge is 2.78. The van der Waals surface area contributed by atoms with Gasteiger partial charge in [-0.1, -0.05) is 30.4 Å². The molecule has 2 aromatic carbocycles. The summed E-state index contributed by atoms with van der Waals surface area (Å²) in [6, 6.07) is 16.4. The highest BCUT2D eigenvalue weighted by molar-refractivity contribution is 6.06. The first-order valence-electron chi connectivity index (χ1n) is 16.6. The van der Waals surface area contributed by atoms with Crippen LogP contribution in [0.4, 0.5) is 17.1 Å². The van der Waals surface area contributed by atoms with Gasteiger partial charge in [-0.3, -0.25) is 14.4 Å². The average molecular weight is 629 g/mol. The topological polar surface area (TPSA) is 93.6 Å². The number of benzene rings is 2. The van der Waals surface area contributed by atoms with E-state index in [0.29, 0.717) is 31.4 Å². The van der Waals surface area contributed by atoms with Crippen molar-refractivity contribution < 1.29 is 24.2 Å². The fraction of sp³-hybridized carbons (Fsp3) is 0.486. The minimum absolute atomic E-state index is 0.0139. The summed E-state index contributed by atoms with van der Waals surface area (Å²) in [6.07, 6.45) is 5.43. The van der Waals surface area contributed by atoms with Gasteiger partial charge in [-0.05, 0) is 82.9 Å². The molecule has 3 fully saturated rings. The second kappa shape index (κ2) is 13.8. The van der Waals surface area contributed by atoms with E-state index in [0.717, 1.165) is 24.5 Å². The third-order valence-electron chi connectivity index (χ3n) is 10.1. The minimum Gasteiger partial charge on any atom is -0.396 e. The normalized spacial score (nSPS) is 26.1. The highest BCUT2D eigenvalue weighted by atomic mass is 16.5. The molecule has 2 bridgehead atoms. The molecule has 3 aliphatic rings. The third kappa shape index (κ3) is 5.64. The zero-order valence-corrected chi connectivity index (χ0v) is 27.4. The van der Waals surface area contributed by atoms with Crippen LogP contribution in [0.15, 0.2) is 79.9 Å². The van der Waals surface area contributed by atoms with Crippen molar-refractivity contribution >= 4 is 34.8 Å². The van der Waals surface area contributed by atoms with Gasteiger partial charge in [0.15, 0.2) is 0 Å². The van der Waals surface area contributed by atoms with Crippen LogP contribution in [0.5, 0.6) is 0 Å². The summed E-state index contributed by atoms with van der Waals surface area (Å²) < 4.78 is 6.89. The summed E-state index contributed by atoms with van der Waals surface area (Å²) in [7, 11) is 0. The molecule has 5 rings (SSSR count). The fourth-order valence-corrected chi connectivity index (χ4v) is 7.97. The number of aliphatic hydroxyl groups is 1. The Morgan fingerprint density at radius 1 is 0.913 bits per heavy atom. The van der Waals surface area contributed by atoms with Gasteiger partial charge < -0.3 is 29.4 Å². The molecule has 0 radical (unpaired) electrons. The standard InChI is InChI=1S/C37H48N4O5/c1-6-23-39(28-15-11-10-12-16-28)33(43)30-31-34(44)41(25-13-14-26-42)32(37(31)22-21-36(30,5)46-37)35(45)40(24-7-2)29-19-17-27(18-20-29)38(8-3)9-4/h6-7,10-12,15-20,30-32,42H,1-2,8-9,13-14,21-26H2,3-5H3/t30-,31-,32?,36+,37?/m0/s1. The number of likely N-dealkylation sites (tertiary alicyclic amines) is 1. The molecule has 5 atom stereocenters. The molecular formula is C37H48N4O5. The molecule has 2 unspecified atom stereocenters. The number of fused-ring (bicyclic) bond motifs is 1. The zero-order chi connectivity index (χ0) is 33.1. The van der Waals surface area contributed by atoms with E-state index < -0.39 is 29.1 Å². The molecule has 1 N–H and O–H groups in total. The van der Waals surface area contributed by atoms with Crippen LogP contribution >= 0.6 is 0 Å². The zero-order valence-electron chi connectivity index (χ0n) is 27.4. The summed E-state index contributed by atoms with van der Waals surface area (Å²) in [4.78, 5) is 51.2. The number of carbonyl (C=O) groups is 3. The Kier molecular flexibility index (Phi) is 10.0. The van der Waals surface area contributed by atoms with Crippen molar-refractivity contribution in [3.05, 3.63) is 79.9 Å². The molecular weight excluding hydrogens is 580 g/mol.